The van der Waals surface area contributed by atoms with Crippen molar-refractivity contribution in [1.82, 2.24) is 14.7 Å². The topological polar surface area (TPSA) is 79.7 Å². The molecule has 3 aromatic rings. The van der Waals surface area contributed by atoms with Gasteiger partial charge in [-0.2, -0.15) is 5.10 Å². The zero-order valence-corrected chi connectivity index (χ0v) is 18.3. The maximum absolute atomic E-state index is 13.0. The van der Waals surface area contributed by atoms with Crippen molar-refractivity contribution in [1.29, 1.82) is 0 Å². The Morgan fingerprint density at radius 2 is 1.69 bits per heavy atom. The fraction of sp³-hybridized carbons (Fsp3) is 0.292. The lowest BCUT2D eigenvalue weighted by Gasteiger charge is -2.35. The van der Waals surface area contributed by atoms with Gasteiger partial charge in [0.05, 0.1) is 13.5 Å². The van der Waals surface area contributed by atoms with Crippen LogP contribution in [0, 0.1) is 0 Å². The number of anilines is 2. The van der Waals surface area contributed by atoms with Crippen LogP contribution in [0.4, 0.5) is 11.5 Å². The summed E-state index contributed by atoms with van der Waals surface area (Å²) in [7, 11) is 3.37. The summed E-state index contributed by atoms with van der Waals surface area (Å²) in [6.07, 6.45) is 0.266. The van der Waals surface area contributed by atoms with E-state index in [-0.39, 0.29) is 18.2 Å². The maximum atomic E-state index is 13.0. The molecule has 1 aliphatic rings. The van der Waals surface area contributed by atoms with Crippen molar-refractivity contribution < 1.29 is 14.3 Å². The third-order valence-corrected chi connectivity index (χ3v) is 5.58. The van der Waals surface area contributed by atoms with E-state index in [1.807, 2.05) is 54.6 Å². The molecule has 0 bridgehead atoms. The van der Waals surface area contributed by atoms with Crippen LogP contribution >= 0.6 is 0 Å². The molecule has 0 spiro atoms. The van der Waals surface area contributed by atoms with Crippen LogP contribution in [0.15, 0.2) is 60.7 Å². The summed E-state index contributed by atoms with van der Waals surface area (Å²) in [6.45, 7) is 2.70. The lowest BCUT2D eigenvalue weighted by atomic mass is 10.1. The lowest BCUT2D eigenvalue weighted by molar-refractivity contribution is -0.115. The standard InChI is InChI=1S/C24H27N5O3/c1-27-22(25-23(30)16-18-6-4-3-5-7-18)17-21(26-27)24(31)29-14-12-28(13-15-29)19-8-10-20(32-2)11-9-19/h3-11,17H,12-16H2,1-2H3,(H,25,30). The highest BCUT2D eigenvalue weighted by Crippen LogP contribution is 2.21. The third-order valence-electron chi connectivity index (χ3n) is 5.58. The molecule has 0 aliphatic carbocycles. The molecule has 2 amide bonds. The minimum atomic E-state index is -0.147. The van der Waals surface area contributed by atoms with E-state index in [9.17, 15) is 9.59 Å². The van der Waals surface area contributed by atoms with E-state index in [4.69, 9.17) is 4.74 Å². The van der Waals surface area contributed by atoms with Gasteiger partial charge in [-0.3, -0.25) is 14.3 Å². The Morgan fingerprint density at radius 1 is 1.00 bits per heavy atom. The Labute approximate surface area is 187 Å². The number of carbonyl (C=O) groups is 2. The SMILES string of the molecule is COc1ccc(N2CCN(C(=O)c3cc(NC(=O)Cc4ccccc4)n(C)n3)CC2)cc1. The normalized spacial score (nSPS) is 13.7. The fourth-order valence-electron chi connectivity index (χ4n) is 3.78. The van der Waals surface area contributed by atoms with Crippen LogP contribution in [-0.4, -0.2) is 59.8 Å². The highest BCUT2D eigenvalue weighted by atomic mass is 16.5. The van der Waals surface area contributed by atoms with Crippen LogP contribution in [0.25, 0.3) is 0 Å². The van der Waals surface area contributed by atoms with Crippen LogP contribution in [0.1, 0.15) is 16.1 Å². The first-order valence-electron chi connectivity index (χ1n) is 10.6. The van der Waals surface area contributed by atoms with Crippen molar-refractivity contribution in [3.63, 3.8) is 0 Å². The molecular formula is C24H27N5O3. The number of amides is 2. The number of ether oxygens (including phenoxy) is 1. The van der Waals surface area contributed by atoms with Crippen molar-refractivity contribution in [2.24, 2.45) is 7.05 Å². The molecule has 1 saturated heterocycles. The Balaban J connectivity index is 1.34. The second kappa shape index (κ2) is 9.55. The van der Waals surface area contributed by atoms with Crippen molar-refractivity contribution in [2.45, 2.75) is 6.42 Å². The van der Waals surface area contributed by atoms with Gasteiger partial charge in [-0.1, -0.05) is 30.3 Å². The molecule has 0 saturated carbocycles. The quantitative estimate of drug-likeness (QED) is 0.646. The largest absolute Gasteiger partial charge is 0.497 e. The number of aryl methyl sites for hydroxylation is 1. The first-order valence-corrected chi connectivity index (χ1v) is 10.6. The van der Waals surface area contributed by atoms with Gasteiger partial charge < -0.3 is 19.9 Å². The van der Waals surface area contributed by atoms with E-state index >= 15 is 0 Å². The van der Waals surface area contributed by atoms with Gasteiger partial charge in [0.25, 0.3) is 5.91 Å². The number of aromatic nitrogens is 2. The van der Waals surface area contributed by atoms with Crippen LogP contribution in [0.3, 0.4) is 0 Å². The molecular weight excluding hydrogens is 406 g/mol. The third kappa shape index (κ3) is 4.91. The summed E-state index contributed by atoms with van der Waals surface area (Å²) in [5.74, 6) is 1.06. The summed E-state index contributed by atoms with van der Waals surface area (Å²) in [5, 5.41) is 7.17. The molecule has 1 N–H and O–H groups in total. The van der Waals surface area contributed by atoms with E-state index in [0.29, 0.717) is 24.6 Å². The van der Waals surface area contributed by atoms with Crippen LogP contribution in [0.5, 0.6) is 5.75 Å². The van der Waals surface area contributed by atoms with Gasteiger partial charge in [0.1, 0.15) is 11.6 Å². The van der Waals surface area contributed by atoms with Gasteiger partial charge in [0, 0.05) is 45.0 Å². The predicted molar refractivity (Wildman–Crippen MR) is 123 cm³/mol. The fourth-order valence-corrected chi connectivity index (χ4v) is 3.78. The first-order chi connectivity index (χ1) is 15.5. The highest BCUT2D eigenvalue weighted by molar-refractivity contribution is 5.96. The maximum Gasteiger partial charge on any atom is 0.274 e. The van der Waals surface area contributed by atoms with E-state index < -0.39 is 0 Å². The zero-order valence-electron chi connectivity index (χ0n) is 18.3. The van der Waals surface area contributed by atoms with Gasteiger partial charge in [0.2, 0.25) is 5.91 Å². The molecule has 0 atom stereocenters. The summed E-state index contributed by atoms with van der Waals surface area (Å²) in [5.41, 5.74) is 2.37. The van der Waals surface area contributed by atoms with Crippen molar-refractivity contribution in [3.8, 4) is 5.75 Å². The summed E-state index contributed by atoms with van der Waals surface area (Å²) >= 11 is 0. The average molecular weight is 434 g/mol. The van der Waals surface area contributed by atoms with Crippen LogP contribution in [0.2, 0.25) is 0 Å². The minimum absolute atomic E-state index is 0.126. The number of benzene rings is 2. The molecule has 1 aliphatic heterocycles. The highest BCUT2D eigenvalue weighted by Gasteiger charge is 2.25. The van der Waals surface area contributed by atoms with E-state index in [1.54, 1.807) is 25.1 Å². The Morgan fingerprint density at radius 3 is 2.34 bits per heavy atom. The number of carbonyl (C=O) groups excluding carboxylic acids is 2. The van der Waals surface area contributed by atoms with Crippen molar-refractivity contribution >= 4 is 23.3 Å². The number of nitrogens with zero attached hydrogens (tertiary/aromatic N) is 4. The molecule has 4 rings (SSSR count). The molecule has 0 unspecified atom stereocenters. The number of hydrogen-bond acceptors (Lipinski definition) is 5. The van der Waals surface area contributed by atoms with Gasteiger partial charge >= 0.3 is 0 Å². The number of piperazine rings is 1. The van der Waals surface area contributed by atoms with Gasteiger partial charge in [-0.05, 0) is 29.8 Å². The number of methoxy groups -OCH3 is 1. The molecule has 1 fully saturated rings. The zero-order chi connectivity index (χ0) is 22.5. The number of nitrogens with one attached hydrogen (secondary N) is 1. The molecule has 32 heavy (non-hydrogen) atoms. The lowest BCUT2D eigenvalue weighted by Crippen LogP contribution is -2.48. The molecule has 2 aromatic carbocycles. The molecule has 0 radical (unpaired) electrons. The molecule has 8 nitrogen and oxygen atoms in total. The average Bonchev–Trinajstić information content (AvgIpc) is 3.19. The van der Waals surface area contributed by atoms with Gasteiger partial charge in [-0.25, -0.2) is 0 Å². The number of hydrogen-bond donors (Lipinski definition) is 1. The van der Waals surface area contributed by atoms with Crippen molar-refractivity contribution in [3.05, 3.63) is 71.9 Å². The van der Waals surface area contributed by atoms with Crippen LogP contribution in [-0.2, 0) is 18.3 Å². The van der Waals surface area contributed by atoms with Gasteiger partial charge in [0.15, 0.2) is 5.69 Å². The number of rotatable bonds is 6. The molecule has 1 aromatic heterocycles. The van der Waals surface area contributed by atoms with E-state index in [0.717, 1.165) is 30.1 Å². The predicted octanol–water partition coefficient (Wildman–Crippen LogP) is 2.57. The second-order valence-corrected chi connectivity index (χ2v) is 7.73. The molecule has 166 valence electrons. The molecule has 8 heteroatoms. The van der Waals surface area contributed by atoms with E-state index in [1.165, 1.54) is 4.68 Å². The Hall–Kier alpha value is -3.81. The first kappa shape index (κ1) is 21.4. The smallest absolute Gasteiger partial charge is 0.274 e. The summed E-state index contributed by atoms with van der Waals surface area (Å²) in [6, 6.07) is 19.1. The minimum Gasteiger partial charge on any atom is -0.497 e. The van der Waals surface area contributed by atoms with Crippen molar-refractivity contribution in [2.75, 3.05) is 43.5 Å². The van der Waals surface area contributed by atoms with Gasteiger partial charge in [-0.15, -0.1) is 0 Å². The second-order valence-electron chi connectivity index (χ2n) is 7.73. The van der Waals surface area contributed by atoms with Crippen LogP contribution < -0.4 is 15.0 Å². The molecule has 2 heterocycles. The Bertz CT molecular complexity index is 1070. The Kier molecular flexibility index (Phi) is 6.39. The summed E-state index contributed by atoms with van der Waals surface area (Å²) in [4.78, 5) is 29.4. The monoisotopic (exact) mass is 433 g/mol. The summed E-state index contributed by atoms with van der Waals surface area (Å²) < 4.78 is 6.74. The van der Waals surface area contributed by atoms with E-state index in [2.05, 4.69) is 15.3 Å².